The number of rotatable bonds is 3. The molecule has 0 saturated carbocycles. The SMILES string of the molecule is CCn1c(=NC(=O)Cc2c(C)cc(C)cc2C)sc2cc3c(cc21)OCO3. The first-order valence-corrected chi connectivity index (χ1v) is 9.85. The number of thiazole rings is 1. The molecule has 1 amide bonds. The van der Waals surface area contributed by atoms with Gasteiger partial charge in [0.1, 0.15) is 0 Å². The molecule has 0 bridgehead atoms. The second-order valence-electron chi connectivity index (χ2n) is 6.86. The third-order valence-corrected chi connectivity index (χ3v) is 5.92. The molecular formula is C21H22N2O3S. The minimum absolute atomic E-state index is 0.126. The summed E-state index contributed by atoms with van der Waals surface area (Å²) in [5.74, 6) is 1.36. The van der Waals surface area contributed by atoms with Crippen molar-refractivity contribution >= 4 is 27.5 Å². The van der Waals surface area contributed by atoms with Gasteiger partial charge in [0.2, 0.25) is 6.79 Å². The summed E-state index contributed by atoms with van der Waals surface area (Å²) in [6.45, 7) is 9.21. The lowest BCUT2D eigenvalue weighted by atomic mass is 9.97. The van der Waals surface area contributed by atoms with Crippen LogP contribution in [-0.4, -0.2) is 17.3 Å². The fraction of sp³-hybridized carbons (Fsp3) is 0.333. The van der Waals surface area contributed by atoms with Crippen molar-refractivity contribution in [1.82, 2.24) is 4.57 Å². The Balaban J connectivity index is 1.73. The minimum Gasteiger partial charge on any atom is -0.454 e. The molecule has 0 saturated heterocycles. The van der Waals surface area contributed by atoms with Crippen molar-refractivity contribution in [2.75, 3.05) is 6.79 Å². The van der Waals surface area contributed by atoms with Crippen LogP contribution >= 0.6 is 11.3 Å². The van der Waals surface area contributed by atoms with Crippen LogP contribution in [0.25, 0.3) is 10.2 Å². The predicted molar refractivity (Wildman–Crippen MR) is 107 cm³/mol. The Labute approximate surface area is 161 Å². The molecule has 1 aliphatic rings. The van der Waals surface area contributed by atoms with Crippen molar-refractivity contribution in [3.05, 3.63) is 51.3 Å². The molecule has 1 aliphatic heterocycles. The fourth-order valence-electron chi connectivity index (χ4n) is 3.64. The van der Waals surface area contributed by atoms with Crippen molar-refractivity contribution in [3.8, 4) is 11.5 Å². The van der Waals surface area contributed by atoms with Crippen LogP contribution in [-0.2, 0) is 17.8 Å². The normalized spacial score (nSPS) is 13.6. The zero-order chi connectivity index (χ0) is 19.1. The molecule has 27 heavy (non-hydrogen) atoms. The number of aromatic nitrogens is 1. The van der Waals surface area contributed by atoms with Gasteiger partial charge in [-0.05, 0) is 44.4 Å². The Bertz CT molecular complexity index is 1100. The fourth-order valence-corrected chi connectivity index (χ4v) is 4.76. The standard InChI is InChI=1S/C21H22N2O3S/c1-5-23-16-9-17-18(26-11-25-17)10-19(16)27-21(23)22-20(24)8-15-13(3)6-12(2)7-14(15)4/h6-7,9-10H,5,8,11H2,1-4H3. The molecule has 0 spiro atoms. The molecule has 0 aliphatic carbocycles. The Kier molecular flexibility index (Phi) is 4.52. The molecule has 0 atom stereocenters. The lowest BCUT2D eigenvalue weighted by Crippen LogP contribution is -2.17. The van der Waals surface area contributed by atoms with Crippen LogP contribution in [0.15, 0.2) is 29.3 Å². The third-order valence-electron chi connectivity index (χ3n) is 4.88. The average Bonchev–Trinajstić information content (AvgIpc) is 3.18. The Morgan fingerprint density at radius 2 is 1.78 bits per heavy atom. The summed E-state index contributed by atoms with van der Waals surface area (Å²) >= 11 is 1.50. The zero-order valence-corrected chi connectivity index (χ0v) is 16.8. The van der Waals surface area contributed by atoms with E-state index in [-0.39, 0.29) is 12.7 Å². The number of amides is 1. The molecule has 6 heteroatoms. The Hall–Kier alpha value is -2.60. The highest BCUT2D eigenvalue weighted by Crippen LogP contribution is 2.36. The van der Waals surface area contributed by atoms with Crippen LogP contribution in [0, 0.1) is 20.8 Å². The van der Waals surface area contributed by atoms with E-state index >= 15 is 0 Å². The third kappa shape index (κ3) is 3.25. The van der Waals surface area contributed by atoms with E-state index in [4.69, 9.17) is 9.47 Å². The minimum atomic E-state index is -0.126. The number of benzene rings is 2. The largest absolute Gasteiger partial charge is 0.454 e. The molecule has 0 radical (unpaired) electrons. The molecule has 0 fully saturated rings. The summed E-state index contributed by atoms with van der Waals surface area (Å²) in [5, 5.41) is 0. The number of aryl methyl sites for hydroxylation is 4. The number of nitrogens with zero attached hydrogens (tertiary/aromatic N) is 2. The van der Waals surface area contributed by atoms with Gasteiger partial charge in [-0.3, -0.25) is 4.79 Å². The van der Waals surface area contributed by atoms with Crippen LogP contribution in [0.1, 0.15) is 29.2 Å². The molecule has 3 aromatic rings. The number of ether oxygens (including phenoxy) is 2. The number of hydrogen-bond acceptors (Lipinski definition) is 4. The van der Waals surface area contributed by atoms with Crippen LogP contribution in [0.3, 0.4) is 0 Å². The molecule has 0 N–H and O–H groups in total. The van der Waals surface area contributed by atoms with Gasteiger partial charge in [-0.25, -0.2) is 0 Å². The van der Waals surface area contributed by atoms with Crippen LogP contribution in [0.5, 0.6) is 11.5 Å². The van der Waals surface area contributed by atoms with E-state index in [1.165, 1.54) is 16.9 Å². The highest BCUT2D eigenvalue weighted by Gasteiger charge is 2.17. The summed E-state index contributed by atoms with van der Waals surface area (Å²) in [7, 11) is 0. The maximum Gasteiger partial charge on any atom is 0.252 e. The maximum atomic E-state index is 12.7. The summed E-state index contributed by atoms with van der Waals surface area (Å²) < 4.78 is 14.0. The number of carbonyl (C=O) groups excluding carboxylic acids is 1. The maximum absolute atomic E-state index is 12.7. The van der Waals surface area contributed by atoms with Gasteiger partial charge in [0.15, 0.2) is 16.3 Å². The highest BCUT2D eigenvalue weighted by molar-refractivity contribution is 7.16. The molecule has 4 rings (SSSR count). The van der Waals surface area contributed by atoms with Crippen molar-refractivity contribution in [3.63, 3.8) is 0 Å². The zero-order valence-electron chi connectivity index (χ0n) is 16.0. The number of hydrogen-bond donors (Lipinski definition) is 0. The van der Waals surface area contributed by atoms with Gasteiger partial charge >= 0.3 is 0 Å². The van der Waals surface area contributed by atoms with Gasteiger partial charge in [0.05, 0.1) is 16.6 Å². The van der Waals surface area contributed by atoms with Gasteiger partial charge < -0.3 is 14.0 Å². The lowest BCUT2D eigenvalue weighted by molar-refractivity contribution is -0.117. The second kappa shape index (κ2) is 6.85. The summed E-state index contributed by atoms with van der Waals surface area (Å²) in [5.41, 5.74) is 5.58. The molecular weight excluding hydrogens is 360 g/mol. The summed E-state index contributed by atoms with van der Waals surface area (Å²) in [6, 6.07) is 8.16. The van der Waals surface area contributed by atoms with E-state index < -0.39 is 0 Å². The topological polar surface area (TPSA) is 52.8 Å². The summed E-state index contributed by atoms with van der Waals surface area (Å²) in [4.78, 5) is 17.8. The quantitative estimate of drug-likeness (QED) is 0.687. The van der Waals surface area contributed by atoms with E-state index in [9.17, 15) is 4.79 Å². The van der Waals surface area contributed by atoms with Gasteiger partial charge in [-0.1, -0.05) is 29.0 Å². The molecule has 0 unspecified atom stereocenters. The highest BCUT2D eigenvalue weighted by atomic mass is 32.1. The van der Waals surface area contributed by atoms with Gasteiger partial charge in [0, 0.05) is 18.7 Å². The molecule has 2 heterocycles. The van der Waals surface area contributed by atoms with Crippen molar-refractivity contribution in [1.29, 1.82) is 0 Å². The van der Waals surface area contributed by atoms with Gasteiger partial charge in [0.25, 0.3) is 5.91 Å². The van der Waals surface area contributed by atoms with Crippen LogP contribution in [0.2, 0.25) is 0 Å². The lowest BCUT2D eigenvalue weighted by Gasteiger charge is -2.09. The predicted octanol–water partition coefficient (Wildman–Crippen LogP) is 4.05. The molecule has 5 nitrogen and oxygen atoms in total. The smallest absolute Gasteiger partial charge is 0.252 e. The van der Waals surface area contributed by atoms with E-state index in [1.54, 1.807) is 0 Å². The summed E-state index contributed by atoms with van der Waals surface area (Å²) in [6.07, 6.45) is 0.318. The first kappa shape index (κ1) is 17.8. The van der Waals surface area contributed by atoms with Crippen molar-refractivity contribution < 1.29 is 14.3 Å². The molecule has 2 aromatic carbocycles. The van der Waals surface area contributed by atoms with E-state index in [0.29, 0.717) is 11.2 Å². The van der Waals surface area contributed by atoms with Crippen LogP contribution in [0.4, 0.5) is 0 Å². The van der Waals surface area contributed by atoms with Gasteiger partial charge in [-0.15, -0.1) is 0 Å². The average molecular weight is 382 g/mol. The van der Waals surface area contributed by atoms with Gasteiger partial charge in [-0.2, -0.15) is 4.99 Å². The number of carbonyl (C=O) groups is 1. The Morgan fingerprint density at radius 3 is 2.44 bits per heavy atom. The first-order valence-electron chi connectivity index (χ1n) is 9.03. The van der Waals surface area contributed by atoms with E-state index in [1.807, 2.05) is 12.1 Å². The van der Waals surface area contributed by atoms with Crippen molar-refractivity contribution in [2.45, 2.75) is 40.7 Å². The molecule has 1 aromatic heterocycles. The second-order valence-corrected chi connectivity index (χ2v) is 7.87. The molecule has 140 valence electrons. The first-order chi connectivity index (χ1) is 13.0. The Morgan fingerprint density at radius 1 is 1.11 bits per heavy atom. The number of fused-ring (bicyclic) bond motifs is 2. The monoisotopic (exact) mass is 382 g/mol. The van der Waals surface area contributed by atoms with E-state index in [0.717, 1.165) is 45.0 Å². The van der Waals surface area contributed by atoms with Crippen molar-refractivity contribution in [2.24, 2.45) is 4.99 Å². The van der Waals surface area contributed by atoms with Crippen LogP contribution < -0.4 is 14.3 Å². The van der Waals surface area contributed by atoms with E-state index in [2.05, 4.69) is 49.4 Å².